The van der Waals surface area contributed by atoms with Crippen molar-refractivity contribution >= 4 is 35.4 Å². The van der Waals surface area contributed by atoms with Gasteiger partial charge in [-0.1, -0.05) is 47.6 Å². The highest BCUT2D eigenvalue weighted by Gasteiger charge is 2.20. The van der Waals surface area contributed by atoms with Gasteiger partial charge in [0.05, 0.1) is 17.7 Å². The zero-order chi connectivity index (χ0) is 18.8. The average molecular weight is 402 g/mol. The first-order chi connectivity index (χ1) is 12.4. The first kappa shape index (κ1) is 18.4. The predicted octanol–water partition coefficient (Wildman–Crippen LogP) is 5.17. The lowest BCUT2D eigenvalue weighted by Crippen LogP contribution is -2.20. The predicted molar refractivity (Wildman–Crippen MR) is 106 cm³/mol. The van der Waals surface area contributed by atoms with E-state index in [1.807, 2.05) is 25.1 Å². The van der Waals surface area contributed by atoms with Gasteiger partial charge in [0.25, 0.3) is 0 Å². The molecule has 4 nitrogen and oxygen atoms in total. The summed E-state index contributed by atoms with van der Waals surface area (Å²) >= 11 is 17.4. The molecule has 3 aromatic rings. The minimum absolute atomic E-state index is 0.352. The van der Waals surface area contributed by atoms with E-state index in [9.17, 15) is 10.1 Å². The minimum atomic E-state index is -0.535. The molecule has 0 aliphatic rings. The number of nitrogens with zero attached hydrogens (tertiary/aromatic N) is 2. The van der Waals surface area contributed by atoms with Gasteiger partial charge in [-0.2, -0.15) is 5.26 Å². The van der Waals surface area contributed by atoms with E-state index in [0.717, 1.165) is 11.1 Å². The molecule has 0 saturated carbocycles. The maximum atomic E-state index is 12.1. The quantitative estimate of drug-likeness (QED) is 0.615. The molecule has 3 rings (SSSR count). The van der Waals surface area contributed by atoms with Crippen LogP contribution in [0.15, 0.2) is 53.5 Å². The van der Waals surface area contributed by atoms with Crippen LogP contribution in [0.4, 0.5) is 0 Å². The van der Waals surface area contributed by atoms with E-state index in [1.165, 1.54) is 4.57 Å². The average Bonchev–Trinajstić information content (AvgIpc) is 2.59. The second kappa shape index (κ2) is 7.46. The van der Waals surface area contributed by atoms with E-state index in [1.54, 1.807) is 30.5 Å². The molecular weight excluding hydrogens is 389 g/mol. The van der Waals surface area contributed by atoms with Crippen LogP contribution in [0, 0.1) is 22.9 Å². The lowest BCUT2D eigenvalue weighted by atomic mass is 9.89. The first-order valence-electron chi connectivity index (χ1n) is 7.68. The molecule has 0 radical (unpaired) electrons. The fourth-order valence-corrected chi connectivity index (χ4v) is 3.47. The van der Waals surface area contributed by atoms with Crippen molar-refractivity contribution in [2.75, 3.05) is 0 Å². The molecule has 0 aliphatic carbocycles. The Labute approximate surface area is 165 Å². The molecule has 130 valence electrons. The molecule has 1 aromatic heterocycles. The van der Waals surface area contributed by atoms with Crippen LogP contribution in [-0.4, -0.2) is 9.55 Å². The van der Waals surface area contributed by atoms with Crippen LogP contribution >= 0.6 is 35.4 Å². The van der Waals surface area contributed by atoms with Gasteiger partial charge >= 0.3 is 5.69 Å². The Morgan fingerprint density at radius 3 is 2.46 bits per heavy atom. The van der Waals surface area contributed by atoms with Crippen LogP contribution in [0.5, 0.6) is 0 Å². The van der Waals surface area contributed by atoms with Gasteiger partial charge in [-0.15, -0.1) is 0 Å². The number of rotatable bonds is 3. The molecule has 7 heteroatoms. The lowest BCUT2D eigenvalue weighted by Gasteiger charge is -2.17. The topological polar surface area (TPSA) is 61.6 Å². The summed E-state index contributed by atoms with van der Waals surface area (Å²) in [5.74, 6) is -0.535. The monoisotopic (exact) mass is 401 g/mol. The van der Waals surface area contributed by atoms with Crippen LogP contribution < -0.4 is 5.69 Å². The largest absolute Gasteiger partial charge is 0.331 e. The molecule has 1 atom stereocenters. The van der Waals surface area contributed by atoms with Gasteiger partial charge in [-0.25, -0.2) is 4.79 Å². The molecule has 0 saturated heterocycles. The molecule has 2 aromatic carbocycles. The summed E-state index contributed by atoms with van der Waals surface area (Å²) in [6, 6.07) is 14.5. The van der Waals surface area contributed by atoms with Gasteiger partial charge in [0.15, 0.2) is 0 Å². The van der Waals surface area contributed by atoms with Gasteiger partial charge in [0.1, 0.15) is 4.64 Å². The Morgan fingerprint density at radius 1 is 1.19 bits per heavy atom. The lowest BCUT2D eigenvalue weighted by molar-refractivity contribution is 0.902. The van der Waals surface area contributed by atoms with E-state index in [-0.39, 0.29) is 5.69 Å². The van der Waals surface area contributed by atoms with Gasteiger partial charge in [-0.05, 0) is 53.9 Å². The van der Waals surface area contributed by atoms with Crippen molar-refractivity contribution in [2.45, 2.75) is 12.8 Å². The summed E-state index contributed by atoms with van der Waals surface area (Å²) in [6.45, 7) is 1.86. The SMILES string of the molecule is Cc1cc(-n2ccc(=S)[nH]c2=O)cc(Cl)c1C(C#N)c1ccc(Cl)cc1. The number of halogens is 2. The molecule has 1 unspecified atom stereocenters. The van der Waals surface area contributed by atoms with Crippen LogP contribution in [0.2, 0.25) is 10.0 Å². The third kappa shape index (κ3) is 3.58. The fraction of sp³-hybridized carbons (Fsp3) is 0.105. The van der Waals surface area contributed by atoms with Crippen molar-refractivity contribution in [3.8, 4) is 11.8 Å². The molecule has 1 N–H and O–H groups in total. The summed E-state index contributed by atoms with van der Waals surface area (Å²) in [5.41, 5.74) is 2.56. The number of H-pyrrole nitrogens is 1. The van der Waals surface area contributed by atoms with Crippen LogP contribution in [0.1, 0.15) is 22.6 Å². The van der Waals surface area contributed by atoms with E-state index in [4.69, 9.17) is 35.4 Å². The van der Waals surface area contributed by atoms with Gasteiger partial charge in [0.2, 0.25) is 0 Å². The van der Waals surface area contributed by atoms with Gasteiger partial charge < -0.3 is 0 Å². The van der Waals surface area contributed by atoms with Crippen LogP contribution in [-0.2, 0) is 0 Å². The van der Waals surface area contributed by atoms with E-state index >= 15 is 0 Å². The maximum absolute atomic E-state index is 12.1. The first-order valence-corrected chi connectivity index (χ1v) is 8.84. The number of hydrogen-bond donors (Lipinski definition) is 1. The smallest absolute Gasteiger partial charge is 0.298 e. The number of hydrogen-bond acceptors (Lipinski definition) is 3. The Hall–Kier alpha value is -2.39. The van der Waals surface area contributed by atoms with Crippen molar-refractivity contribution in [1.29, 1.82) is 5.26 Å². The third-order valence-corrected chi connectivity index (χ3v) is 4.85. The molecule has 0 fully saturated rings. The fourth-order valence-electron chi connectivity index (χ4n) is 2.82. The standard InChI is InChI=1S/C19H13Cl2N3OS/c1-11-8-14(24-7-6-17(26)23-19(24)25)9-16(21)18(11)15(10-22)12-2-4-13(20)5-3-12/h2-9,15H,1H3,(H,23,25,26). The Morgan fingerprint density at radius 2 is 1.88 bits per heavy atom. The van der Waals surface area contributed by atoms with E-state index in [2.05, 4.69) is 11.1 Å². The van der Waals surface area contributed by atoms with Gasteiger partial charge in [0, 0.05) is 16.2 Å². The zero-order valence-corrected chi connectivity index (χ0v) is 16.0. The summed E-state index contributed by atoms with van der Waals surface area (Å²) in [4.78, 5) is 14.7. The highest BCUT2D eigenvalue weighted by atomic mass is 35.5. The normalized spacial score (nSPS) is 11.8. The van der Waals surface area contributed by atoms with Crippen LogP contribution in [0.3, 0.4) is 0 Å². The molecule has 0 amide bonds. The van der Waals surface area contributed by atoms with E-state index < -0.39 is 5.92 Å². The molecule has 26 heavy (non-hydrogen) atoms. The maximum Gasteiger partial charge on any atom is 0.331 e. The Bertz CT molecular complexity index is 1100. The zero-order valence-electron chi connectivity index (χ0n) is 13.7. The number of benzene rings is 2. The van der Waals surface area contributed by atoms with Crippen molar-refractivity contribution in [2.24, 2.45) is 0 Å². The van der Waals surface area contributed by atoms with Crippen molar-refractivity contribution < 1.29 is 0 Å². The molecular formula is C19H13Cl2N3OS. The molecule has 1 heterocycles. The van der Waals surface area contributed by atoms with Gasteiger partial charge in [-0.3, -0.25) is 9.55 Å². The summed E-state index contributed by atoms with van der Waals surface area (Å²) in [7, 11) is 0. The highest BCUT2D eigenvalue weighted by Crippen LogP contribution is 2.34. The highest BCUT2D eigenvalue weighted by molar-refractivity contribution is 7.71. The Balaban J connectivity index is 2.12. The van der Waals surface area contributed by atoms with Crippen molar-refractivity contribution in [3.63, 3.8) is 0 Å². The number of nitriles is 1. The second-order valence-electron chi connectivity index (χ2n) is 5.75. The van der Waals surface area contributed by atoms with Crippen LogP contribution in [0.25, 0.3) is 5.69 Å². The number of aryl methyl sites for hydroxylation is 1. The molecule has 0 bridgehead atoms. The number of nitrogens with one attached hydrogen (secondary N) is 1. The molecule has 0 spiro atoms. The third-order valence-electron chi connectivity index (χ3n) is 4.04. The summed E-state index contributed by atoms with van der Waals surface area (Å²) in [6.07, 6.45) is 1.59. The Kier molecular flexibility index (Phi) is 5.28. The number of aromatic nitrogens is 2. The molecule has 0 aliphatic heterocycles. The van der Waals surface area contributed by atoms with Crippen molar-refractivity contribution in [3.05, 3.63) is 90.5 Å². The summed E-state index contributed by atoms with van der Waals surface area (Å²) < 4.78 is 1.78. The van der Waals surface area contributed by atoms with E-state index in [0.29, 0.717) is 25.9 Å². The van der Waals surface area contributed by atoms with Crippen molar-refractivity contribution in [1.82, 2.24) is 9.55 Å². The minimum Gasteiger partial charge on any atom is -0.298 e. The number of aromatic amines is 1. The second-order valence-corrected chi connectivity index (χ2v) is 7.04. The summed E-state index contributed by atoms with van der Waals surface area (Å²) in [5, 5.41) is 10.7.